The van der Waals surface area contributed by atoms with Gasteiger partial charge in [0.2, 0.25) is 0 Å². The third-order valence-electron chi connectivity index (χ3n) is 3.95. The Morgan fingerprint density at radius 1 is 1.24 bits per heavy atom. The average molecular weight is 309 g/mol. The molecule has 0 bridgehead atoms. The van der Waals surface area contributed by atoms with Crippen molar-refractivity contribution in [3.63, 3.8) is 0 Å². The maximum Gasteiger partial charge on any atom is 0.343 e. The summed E-state index contributed by atoms with van der Waals surface area (Å²) in [6.45, 7) is 4.65. The van der Waals surface area contributed by atoms with Gasteiger partial charge in [-0.05, 0) is 38.4 Å². The van der Waals surface area contributed by atoms with Crippen LogP contribution in [0.1, 0.15) is 35.7 Å². The number of nitrogens with zero attached hydrogens (tertiary/aromatic N) is 2. The van der Waals surface area contributed by atoms with Crippen molar-refractivity contribution < 1.29 is 0 Å². The first-order valence-electron chi connectivity index (χ1n) is 7.15. The van der Waals surface area contributed by atoms with Crippen LogP contribution < -0.4 is 11.0 Å². The summed E-state index contributed by atoms with van der Waals surface area (Å²) in [4.78, 5) is 12.0. The van der Waals surface area contributed by atoms with Crippen molar-refractivity contribution in [2.75, 3.05) is 13.1 Å². The highest BCUT2D eigenvalue weighted by atomic mass is 35.5. The molecule has 0 aliphatic carbocycles. The number of hydrogen-bond donors (Lipinski definition) is 2. The Kier molecular flexibility index (Phi) is 5.20. The molecule has 3 rings (SSSR count). The van der Waals surface area contributed by atoms with Gasteiger partial charge in [0.1, 0.15) is 5.82 Å². The Labute approximate surface area is 130 Å². The molecule has 2 N–H and O–H groups in total. The Morgan fingerprint density at radius 3 is 2.57 bits per heavy atom. The molecule has 1 aliphatic heterocycles. The lowest BCUT2D eigenvalue weighted by atomic mass is 9.97. The van der Waals surface area contributed by atoms with Crippen LogP contribution in [-0.4, -0.2) is 27.9 Å². The quantitative estimate of drug-likeness (QED) is 0.909. The fourth-order valence-corrected chi connectivity index (χ4v) is 2.75. The normalized spacial score (nSPS) is 15.7. The zero-order valence-corrected chi connectivity index (χ0v) is 12.9. The summed E-state index contributed by atoms with van der Waals surface area (Å²) >= 11 is 0. The van der Waals surface area contributed by atoms with E-state index in [1.54, 1.807) is 4.57 Å². The van der Waals surface area contributed by atoms with Crippen LogP contribution in [0.25, 0.3) is 0 Å². The molecule has 21 heavy (non-hydrogen) atoms. The highest BCUT2D eigenvalue weighted by Gasteiger charge is 2.21. The molecule has 0 saturated carbocycles. The van der Waals surface area contributed by atoms with Crippen molar-refractivity contribution in [1.29, 1.82) is 0 Å². The first-order valence-corrected chi connectivity index (χ1v) is 7.15. The first-order chi connectivity index (χ1) is 9.74. The maximum absolute atomic E-state index is 12.0. The molecule has 2 aromatic rings. The number of H-pyrrole nitrogens is 1. The van der Waals surface area contributed by atoms with Crippen molar-refractivity contribution in [2.45, 2.75) is 32.2 Å². The molecule has 0 spiro atoms. The predicted molar refractivity (Wildman–Crippen MR) is 85.2 cm³/mol. The summed E-state index contributed by atoms with van der Waals surface area (Å²) in [5, 5.41) is 10.2. The van der Waals surface area contributed by atoms with Crippen molar-refractivity contribution in [3.8, 4) is 0 Å². The average Bonchev–Trinajstić information content (AvgIpc) is 2.84. The van der Waals surface area contributed by atoms with E-state index < -0.39 is 0 Å². The van der Waals surface area contributed by atoms with E-state index in [0.717, 1.165) is 37.3 Å². The zero-order valence-electron chi connectivity index (χ0n) is 12.1. The molecule has 6 heteroatoms. The molecule has 1 aliphatic rings. The second-order valence-corrected chi connectivity index (χ2v) is 5.48. The summed E-state index contributed by atoms with van der Waals surface area (Å²) < 4.78 is 1.78. The van der Waals surface area contributed by atoms with Gasteiger partial charge in [-0.15, -0.1) is 12.4 Å². The first kappa shape index (κ1) is 15.8. The second kappa shape index (κ2) is 6.91. The third kappa shape index (κ3) is 3.54. The minimum absolute atomic E-state index is 0. The van der Waals surface area contributed by atoms with E-state index in [0.29, 0.717) is 12.5 Å². The van der Waals surface area contributed by atoms with Crippen LogP contribution in [0.4, 0.5) is 0 Å². The molecule has 1 aromatic carbocycles. The SMILES string of the molecule is Cc1ccc(Cn2c(C3CCNCC3)n[nH]c2=O)cc1.Cl. The number of piperidine rings is 1. The molecule has 1 fully saturated rings. The summed E-state index contributed by atoms with van der Waals surface area (Å²) in [6, 6.07) is 8.29. The van der Waals surface area contributed by atoms with Gasteiger partial charge in [-0.25, -0.2) is 9.89 Å². The molecule has 114 valence electrons. The minimum atomic E-state index is -0.112. The fraction of sp³-hybridized carbons (Fsp3) is 0.467. The Morgan fingerprint density at radius 2 is 1.90 bits per heavy atom. The number of aromatic amines is 1. The van der Waals surface area contributed by atoms with Gasteiger partial charge in [0.15, 0.2) is 0 Å². The Hall–Kier alpha value is -1.59. The van der Waals surface area contributed by atoms with Crippen molar-refractivity contribution in [1.82, 2.24) is 20.1 Å². The van der Waals surface area contributed by atoms with Gasteiger partial charge >= 0.3 is 5.69 Å². The summed E-state index contributed by atoms with van der Waals surface area (Å²) in [5.74, 6) is 1.28. The van der Waals surface area contributed by atoms with Crippen molar-refractivity contribution in [2.24, 2.45) is 0 Å². The number of benzene rings is 1. The van der Waals surface area contributed by atoms with E-state index in [9.17, 15) is 4.79 Å². The molecular weight excluding hydrogens is 288 g/mol. The molecule has 0 atom stereocenters. The van der Waals surface area contributed by atoms with Crippen molar-refractivity contribution in [3.05, 3.63) is 51.7 Å². The van der Waals surface area contributed by atoms with Crippen LogP contribution in [0, 0.1) is 6.92 Å². The van der Waals surface area contributed by atoms with Gasteiger partial charge in [0.25, 0.3) is 0 Å². The van der Waals surface area contributed by atoms with Gasteiger partial charge in [-0.3, -0.25) is 4.57 Å². The van der Waals surface area contributed by atoms with E-state index >= 15 is 0 Å². The van der Waals surface area contributed by atoms with Crippen LogP contribution >= 0.6 is 12.4 Å². The van der Waals surface area contributed by atoms with E-state index in [-0.39, 0.29) is 18.1 Å². The maximum atomic E-state index is 12.0. The number of halogens is 1. The molecular formula is C15H21ClN4O. The highest BCUT2D eigenvalue weighted by molar-refractivity contribution is 5.85. The van der Waals surface area contributed by atoms with Crippen LogP contribution in [0.5, 0.6) is 0 Å². The standard InChI is InChI=1S/C15H20N4O.ClH/c1-11-2-4-12(5-3-11)10-19-14(17-18-15(19)20)13-6-8-16-9-7-13;/h2-5,13,16H,6-10H2,1H3,(H,18,20);1H. The number of aromatic nitrogens is 3. The van der Waals surface area contributed by atoms with Crippen LogP contribution in [0.2, 0.25) is 0 Å². The molecule has 0 amide bonds. The number of aryl methyl sites for hydroxylation is 1. The number of hydrogen-bond acceptors (Lipinski definition) is 3. The predicted octanol–water partition coefficient (Wildman–Crippen LogP) is 1.82. The minimum Gasteiger partial charge on any atom is -0.317 e. The van der Waals surface area contributed by atoms with Crippen LogP contribution in [0.3, 0.4) is 0 Å². The van der Waals surface area contributed by atoms with E-state index in [4.69, 9.17) is 0 Å². The lowest BCUT2D eigenvalue weighted by Gasteiger charge is -2.22. The Bertz CT molecular complexity index is 626. The molecule has 2 heterocycles. The van der Waals surface area contributed by atoms with Gasteiger partial charge in [0, 0.05) is 5.92 Å². The van der Waals surface area contributed by atoms with E-state index in [1.807, 2.05) is 0 Å². The molecule has 5 nitrogen and oxygen atoms in total. The smallest absolute Gasteiger partial charge is 0.317 e. The Balaban J connectivity index is 0.00000161. The lowest BCUT2D eigenvalue weighted by Crippen LogP contribution is -2.29. The fourth-order valence-electron chi connectivity index (χ4n) is 2.75. The number of rotatable bonds is 3. The third-order valence-corrected chi connectivity index (χ3v) is 3.95. The van der Waals surface area contributed by atoms with Gasteiger partial charge in [-0.1, -0.05) is 29.8 Å². The monoisotopic (exact) mass is 308 g/mol. The summed E-state index contributed by atoms with van der Waals surface area (Å²) in [5.41, 5.74) is 2.25. The van der Waals surface area contributed by atoms with Crippen molar-refractivity contribution >= 4 is 12.4 Å². The lowest BCUT2D eigenvalue weighted by molar-refractivity contribution is 0.432. The zero-order chi connectivity index (χ0) is 13.9. The van der Waals surface area contributed by atoms with Crippen LogP contribution in [0.15, 0.2) is 29.1 Å². The number of nitrogens with one attached hydrogen (secondary N) is 2. The van der Waals surface area contributed by atoms with E-state index in [2.05, 4.69) is 46.7 Å². The molecule has 0 unspecified atom stereocenters. The van der Waals surface area contributed by atoms with Gasteiger partial charge in [-0.2, -0.15) is 5.10 Å². The largest absolute Gasteiger partial charge is 0.343 e. The van der Waals surface area contributed by atoms with Gasteiger partial charge < -0.3 is 5.32 Å². The molecule has 1 aromatic heterocycles. The molecule has 1 saturated heterocycles. The van der Waals surface area contributed by atoms with Gasteiger partial charge in [0.05, 0.1) is 6.54 Å². The summed E-state index contributed by atoms with van der Waals surface area (Å²) in [7, 11) is 0. The highest BCUT2D eigenvalue weighted by Crippen LogP contribution is 2.22. The second-order valence-electron chi connectivity index (χ2n) is 5.48. The topological polar surface area (TPSA) is 62.7 Å². The molecule has 0 radical (unpaired) electrons. The summed E-state index contributed by atoms with van der Waals surface area (Å²) in [6.07, 6.45) is 2.08. The van der Waals surface area contributed by atoms with Crippen LogP contribution in [-0.2, 0) is 6.54 Å². The van der Waals surface area contributed by atoms with E-state index in [1.165, 1.54) is 5.56 Å².